The predicted molar refractivity (Wildman–Crippen MR) is 245 cm³/mol. The number of allylic oxidation sites excluding steroid dienone is 4. The quantitative estimate of drug-likeness (QED) is 0.0196. The summed E-state index contributed by atoms with van der Waals surface area (Å²) in [6, 6.07) is 0. The van der Waals surface area contributed by atoms with Crippen molar-refractivity contribution in [2.45, 2.75) is 232 Å². The first-order valence-corrected chi connectivity index (χ1v) is 26.0. The Morgan fingerprint density at radius 3 is 1.34 bits per heavy atom. The standard InChI is InChI=1S/C49H94NO8P/c1-6-8-10-12-14-16-17-18-19-20-21-22-23-24-25-26-27-28-29-30-31-32-33-34-36-38-40-42-49(52)58-47(46-57-59(53,54)56-44-43-50(3,4)5)45-55-48(51)41-39-37-35-15-13-11-9-7-2/h17-18,20-21,47H,6-16,19,22-46H2,1-5H3/b18-17-,21-20-. The highest BCUT2D eigenvalue weighted by molar-refractivity contribution is 7.45. The van der Waals surface area contributed by atoms with Crippen molar-refractivity contribution in [1.29, 1.82) is 0 Å². The molecule has 348 valence electrons. The second kappa shape index (κ2) is 41.8. The summed E-state index contributed by atoms with van der Waals surface area (Å²) >= 11 is 0. The van der Waals surface area contributed by atoms with Crippen LogP contribution in [0.2, 0.25) is 0 Å². The molecule has 0 heterocycles. The number of likely N-dealkylation sites (N-methyl/N-ethyl adjacent to an activating group) is 1. The number of unbranched alkanes of at least 4 members (excludes halogenated alkanes) is 27. The monoisotopic (exact) mass is 856 g/mol. The van der Waals surface area contributed by atoms with Crippen LogP contribution in [0.3, 0.4) is 0 Å². The molecule has 0 bridgehead atoms. The Morgan fingerprint density at radius 1 is 0.525 bits per heavy atom. The minimum Gasteiger partial charge on any atom is -0.756 e. The smallest absolute Gasteiger partial charge is 0.306 e. The average molecular weight is 856 g/mol. The number of phosphoric ester groups is 1. The number of phosphoric acid groups is 1. The molecule has 0 aliphatic rings. The van der Waals surface area contributed by atoms with Gasteiger partial charge in [-0.25, -0.2) is 0 Å². The molecule has 0 saturated carbocycles. The van der Waals surface area contributed by atoms with Crippen molar-refractivity contribution < 1.29 is 42.1 Å². The molecule has 0 fully saturated rings. The van der Waals surface area contributed by atoms with Gasteiger partial charge in [0, 0.05) is 12.8 Å². The lowest BCUT2D eigenvalue weighted by Gasteiger charge is -2.28. The van der Waals surface area contributed by atoms with E-state index in [1.54, 1.807) is 0 Å². The largest absolute Gasteiger partial charge is 0.756 e. The number of carbonyl (C=O) groups excluding carboxylic acids is 2. The predicted octanol–water partition coefficient (Wildman–Crippen LogP) is 13.7. The number of carbonyl (C=O) groups is 2. The lowest BCUT2D eigenvalue weighted by atomic mass is 10.0. The minimum atomic E-state index is -4.62. The van der Waals surface area contributed by atoms with Gasteiger partial charge in [0.15, 0.2) is 6.10 Å². The van der Waals surface area contributed by atoms with Gasteiger partial charge in [-0.1, -0.05) is 192 Å². The van der Waals surface area contributed by atoms with Crippen molar-refractivity contribution in [3.05, 3.63) is 24.3 Å². The highest BCUT2D eigenvalue weighted by Crippen LogP contribution is 2.38. The number of quaternary nitrogens is 1. The number of hydrogen-bond acceptors (Lipinski definition) is 8. The first kappa shape index (κ1) is 57.5. The van der Waals surface area contributed by atoms with Crippen LogP contribution >= 0.6 is 7.82 Å². The molecule has 0 aromatic rings. The fourth-order valence-electron chi connectivity index (χ4n) is 6.86. The van der Waals surface area contributed by atoms with Crippen LogP contribution in [-0.2, 0) is 32.7 Å². The van der Waals surface area contributed by atoms with Gasteiger partial charge in [0.25, 0.3) is 7.82 Å². The van der Waals surface area contributed by atoms with Crippen molar-refractivity contribution in [1.82, 2.24) is 0 Å². The van der Waals surface area contributed by atoms with Gasteiger partial charge in [0.05, 0.1) is 27.7 Å². The summed E-state index contributed by atoms with van der Waals surface area (Å²) in [5, 5.41) is 0. The third-order valence-corrected chi connectivity index (χ3v) is 11.7. The highest BCUT2D eigenvalue weighted by Gasteiger charge is 2.21. The summed E-state index contributed by atoms with van der Waals surface area (Å²) in [5.74, 6) is -0.831. The molecule has 0 aliphatic heterocycles. The fraction of sp³-hybridized carbons (Fsp3) is 0.878. The van der Waals surface area contributed by atoms with Crippen LogP contribution in [0, 0.1) is 0 Å². The molecule has 0 N–H and O–H groups in total. The lowest BCUT2D eigenvalue weighted by molar-refractivity contribution is -0.870. The van der Waals surface area contributed by atoms with Crippen LogP contribution in [0.5, 0.6) is 0 Å². The maximum atomic E-state index is 12.7. The van der Waals surface area contributed by atoms with E-state index in [9.17, 15) is 19.0 Å². The van der Waals surface area contributed by atoms with Gasteiger partial charge in [-0.3, -0.25) is 14.2 Å². The third kappa shape index (κ3) is 45.8. The molecule has 2 atom stereocenters. The van der Waals surface area contributed by atoms with Gasteiger partial charge in [0.1, 0.15) is 19.8 Å². The summed E-state index contributed by atoms with van der Waals surface area (Å²) in [6.45, 7) is 4.20. The molecule has 0 radical (unpaired) electrons. The molecular weight excluding hydrogens is 762 g/mol. The zero-order chi connectivity index (χ0) is 43.6. The van der Waals surface area contributed by atoms with Gasteiger partial charge in [0.2, 0.25) is 0 Å². The molecular formula is C49H94NO8P. The Bertz CT molecular complexity index is 1060. The first-order valence-electron chi connectivity index (χ1n) is 24.5. The van der Waals surface area contributed by atoms with Crippen LogP contribution in [-0.4, -0.2) is 70.0 Å². The lowest BCUT2D eigenvalue weighted by Crippen LogP contribution is -2.37. The molecule has 0 amide bonds. The minimum absolute atomic E-state index is 0.0284. The van der Waals surface area contributed by atoms with E-state index in [0.717, 1.165) is 44.9 Å². The zero-order valence-electron chi connectivity index (χ0n) is 39.2. The second-order valence-corrected chi connectivity index (χ2v) is 19.2. The number of rotatable bonds is 45. The van der Waals surface area contributed by atoms with E-state index in [1.165, 1.54) is 148 Å². The molecule has 10 heteroatoms. The van der Waals surface area contributed by atoms with Crippen LogP contribution in [0.25, 0.3) is 0 Å². The van der Waals surface area contributed by atoms with E-state index in [4.69, 9.17) is 18.5 Å². The Kier molecular flexibility index (Phi) is 40.8. The average Bonchev–Trinajstić information content (AvgIpc) is 3.19. The van der Waals surface area contributed by atoms with Crippen molar-refractivity contribution in [3.8, 4) is 0 Å². The first-order chi connectivity index (χ1) is 28.5. The number of ether oxygens (including phenoxy) is 2. The molecule has 0 spiro atoms. The van der Waals surface area contributed by atoms with E-state index in [-0.39, 0.29) is 32.0 Å². The maximum absolute atomic E-state index is 12.7. The van der Waals surface area contributed by atoms with E-state index in [2.05, 4.69) is 38.2 Å². The molecule has 9 nitrogen and oxygen atoms in total. The SMILES string of the molecule is CCCCCCC/C=C\C/C=C\CCCCCCCCCCCCCCCCCC(=O)OC(COC(=O)CCCCCCCCCC)COP(=O)([O-])OCC[N+](C)(C)C. The van der Waals surface area contributed by atoms with Gasteiger partial charge >= 0.3 is 11.9 Å². The Balaban J connectivity index is 4.05. The van der Waals surface area contributed by atoms with Crippen molar-refractivity contribution in [3.63, 3.8) is 0 Å². The molecule has 0 rings (SSSR count). The number of esters is 2. The molecule has 2 unspecified atom stereocenters. The van der Waals surface area contributed by atoms with E-state index in [0.29, 0.717) is 17.4 Å². The van der Waals surface area contributed by atoms with Crippen molar-refractivity contribution in [2.75, 3.05) is 47.5 Å². The molecule has 0 aliphatic carbocycles. The zero-order valence-corrected chi connectivity index (χ0v) is 40.1. The number of hydrogen-bond donors (Lipinski definition) is 0. The Labute approximate surface area is 364 Å². The normalized spacial score (nSPS) is 13.7. The van der Waals surface area contributed by atoms with Gasteiger partial charge in [-0.2, -0.15) is 0 Å². The van der Waals surface area contributed by atoms with E-state index in [1.807, 2.05) is 21.1 Å². The fourth-order valence-corrected chi connectivity index (χ4v) is 7.59. The number of nitrogens with zero attached hydrogens (tertiary/aromatic N) is 1. The summed E-state index contributed by atoms with van der Waals surface area (Å²) in [7, 11) is 1.17. The molecule has 0 aromatic carbocycles. The molecule has 0 aromatic heterocycles. The summed E-state index contributed by atoms with van der Waals surface area (Å²) in [5.41, 5.74) is 0. The van der Waals surface area contributed by atoms with Crippen molar-refractivity contribution >= 4 is 19.8 Å². The third-order valence-electron chi connectivity index (χ3n) is 10.7. The van der Waals surface area contributed by atoms with Gasteiger partial charge in [-0.05, 0) is 44.9 Å². The molecule has 0 saturated heterocycles. The summed E-state index contributed by atoms with van der Waals surface area (Å²) < 4.78 is 33.9. The maximum Gasteiger partial charge on any atom is 0.306 e. The second-order valence-electron chi connectivity index (χ2n) is 17.8. The van der Waals surface area contributed by atoms with Crippen LogP contribution < -0.4 is 4.89 Å². The Hall–Kier alpha value is -1.51. The summed E-state index contributed by atoms with van der Waals surface area (Å²) in [4.78, 5) is 37.4. The topological polar surface area (TPSA) is 111 Å². The van der Waals surface area contributed by atoms with Crippen molar-refractivity contribution in [2.24, 2.45) is 0 Å². The van der Waals surface area contributed by atoms with Gasteiger partial charge < -0.3 is 27.9 Å². The molecule has 59 heavy (non-hydrogen) atoms. The Morgan fingerprint density at radius 2 is 0.915 bits per heavy atom. The highest BCUT2D eigenvalue weighted by atomic mass is 31.2. The van der Waals surface area contributed by atoms with Crippen LogP contribution in [0.4, 0.5) is 0 Å². The summed E-state index contributed by atoms with van der Waals surface area (Å²) in [6.07, 6.45) is 46.6. The van der Waals surface area contributed by atoms with E-state index < -0.39 is 26.5 Å². The van der Waals surface area contributed by atoms with Gasteiger partial charge in [-0.15, -0.1) is 0 Å². The van der Waals surface area contributed by atoms with Crippen LogP contribution in [0.15, 0.2) is 24.3 Å². The van der Waals surface area contributed by atoms with E-state index >= 15 is 0 Å². The van der Waals surface area contributed by atoms with Crippen LogP contribution in [0.1, 0.15) is 226 Å².